The molecule has 0 radical (unpaired) electrons. The quantitative estimate of drug-likeness (QED) is 0.778. The molecular weight excluding hydrogens is 306 g/mol. The predicted molar refractivity (Wildman–Crippen MR) is 82.2 cm³/mol. The number of nitrogens with zero attached hydrogens (tertiary/aromatic N) is 1. The number of hydrogen-bond donors (Lipinski definition) is 0. The lowest BCUT2D eigenvalue weighted by Crippen LogP contribution is -2.58. The minimum Gasteiger partial charge on any atom is -0.358 e. The molecule has 1 aromatic carbocycles. The van der Waals surface area contributed by atoms with Gasteiger partial charge in [0.2, 0.25) is 5.91 Å². The van der Waals surface area contributed by atoms with Gasteiger partial charge < -0.3 is 4.74 Å². The first-order valence-corrected chi connectivity index (χ1v) is 7.05. The predicted octanol–water partition coefficient (Wildman–Crippen LogP) is 4.21. The highest BCUT2D eigenvalue weighted by atomic mass is 79.9. The number of benzene rings is 1. The van der Waals surface area contributed by atoms with E-state index in [-0.39, 0.29) is 11.3 Å². The maximum atomic E-state index is 12.2. The molecule has 19 heavy (non-hydrogen) atoms. The van der Waals surface area contributed by atoms with Gasteiger partial charge in [0.15, 0.2) is 0 Å². The van der Waals surface area contributed by atoms with E-state index in [2.05, 4.69) is 36.7 Å². The molecule has 0 saturated heterocycles. The number of amides is 1. The Morgan fingerprint density at radius 1 is 1.21 bits per heavy atom. The zero-order valence-corrected chi connectivity index (χ0v) is 14.0. The lowest BCUT2D eigenvalue weighted by molar-refractivity contribution is -0.130. The van der Waals surface area contributed by atoms with Gasteiger partial charge >= 0.3 is 0 Å². The second-order valence-electron chi connectivity index (χ2n) is 5.74. The first-order chi connectivity index (χ1) is 8.65. The van der Waals surface area contributed by atoms with Crippen molar-refractivity contribution in [3.63, 3.8) is 0 Å². The fourth-order valence-electron chi connectivity index (χ4n) is 2.07. The molecule has 0 heterocycles. The highest BCUT2D eigenvalue weighted by Gasteiger charge is 2.45. The minimum absolute atomic E-state index is 0.0498. The van der Waals surface area contributed by atoms with E-state index < -0.39 is 5.72 Å². The Balaban J connectivity index is 3.45. The normalized spacial score (nSPS) is 14.9. The van der Waals surface area contributed by atoms with Crippen LogP contribution in [0.3, 0.4) is 0 Å². The summed E-state index contributed by atoms with van der Waals surface area (Å²) in [6.45, 7) is 9.67. The first-order valence-electron chi connectivity index (χ1n) is 6.25. The van der Waals surface area contributed by atoms with Crippen molar-refractivity contribution >= 4 is 27.5 Å². The van der Waals surface area contributed by atoms with Gasteiger partial charge in [-0.05, 0) is 35.0 Å². The second-order valence-corrected chi connectivity index (χ2v) is 6.60. The van der Waals surface area contributed by atoms with Gasteiger partial charge in [0.05, 0.1) is 5.69 Å². The molecule has 1 unspecified atom stereocenters. The van der Waals surface area contributed by atoms with Crippen LogP contribution in [0.2, 0.25) is 0 Å². The molecule has 3 nitrogen and oxygen atoms in total. The van der Waals surface area contributed by atoms with Crippen LogP contribution < -0.4 is 4.90 Å². The summed E-state index contributed by atoms with van der Waals surface area (Å²) in [7, 11) is 1.64. The Kier molecular flexibility index (Phi) is 4.80. The standard InChI is InChI=1S/C15H22BrNO2/c1-11(18)17(13-10-8-7-9-12(13)16)15(5,19-6)14(2,3)4/h7-10H,1-6H3. The maximum absolute atomic E-state index is 12.2. The summed E-state index contributed by atoms with van der Waals surface area (Å²) < 4.78 is 6.59. The molecule has 0 fully saturated rings. The molecule has 1 rings (SSSR count). The Hall–Kier alpha value is -0.870. The fourth-order valence-corrected chi connectivity index (χ4v) is 2.53. The molecule has 1 atom stereocenters. The van der Waals surface area contributed by atoms with Crippen molar-refractivity contribution in [2.75, 3.05) is 12.0 Å². The lowest BCUT2D eigenvalue weighted by Gasteiger charge is -2.48. The molecule has 0 aliphatic heterocycles. The van der Waals surface area contributed by atoms with Crippen molar-refractivity contribution < 1.29 is 9.53 Å². The highest BCUT2D eigenvalue weighted by Crippen LogP contribution is 2.41. The summed E-state index contributed by atoms with van der Waals surface area (Å²) in [5.74, 6) is -0.0498. The molecule has 0 aromatic heterocycles. The van der Waals surface area contributed by atoms with Gasteiger partial charge in [-0.15, -0.1) is 0 Å². The molecule has 1 aromatic rings. The number of halogens is 1. The highest BCUT2D eigenvalue weighted by molar-refractivity contribution is 9.10. The SMILES string of the molecule is COC(C)(N(C(C)=O)c1ccccc1Br)C(C)(C)C. The van der Waals surface area contributed by atoms with Gasteiger partial charge in [-0.25, -0.2) is 0 Å². The van der Waals surface area contributed by atoms with E-state index in [1.54, 1.807) is 18.9 Å². The van der Waals surface area contributed by atoms with E-state index in [9.17, 15) is 4.79 Å². The third-order valence-electron chi connectivity index (χ3n) is 3.62. The van der Waals surface area contributed by atoms with Gasteiger partial charge in [0.1, 0.15) is 5.72 Å². The van der Waals surface area contributed by atoms with Crippen LogP contribution in [-0.4, -0.2) is 18.7 Å². The van der Waals surface area contributed by atoms with Gasteiger partial charge in [0.25, 0.3) is 0 Å². The van der Waals surface area contributed by atoms with Gasteiger partial charge in [-0.3, -0.25) is 9.69 Å². The Morgan fingerprint density at radius 3 is 2.11 bits per heavy atom. The lowest BCUT2D eigenvalue weighted by atomic mass is 9.82. The minimum atomic E-state index is -0.733. The van der Waals surface area contributed by atoms with Crippen LogP contribution in [0.1, 0.15) is 34.6 Å². The van der Waals surface area contributed by atoms with Crippen LogP contribution in [0.4, 0.5) is 5.69 Å². The number of methoxy groups -OCH3 is 1. The number of para-hydroxylation sites is 1. The average Bonchev–Trinajstić information content (AvgIpc) is 2.29. The number of ether oxygens (including phenoxy) is 1. The molecule has 0 N–H and O–H groups in total. The third-order valence-corrected chi connectivity index (χ3v) is 4.29. The number of hydrogen-bond acceptors (Lipinski definition) is 2. The molecule has 0 aliphatic rings. The summed E-state index contributed by atoms with van der Waals surface area (Å²) in [4.78, 5) is 13.9. The van der Waals surface area contributed by atoms with Crippen LogP contribution in [0.15, 0.2) is 28.7 Å². The number of rotatable bonds is 3. The van der Waals surface area contributed by atoms with Crippen molar-refractivity contribution in [1.29, 1.82) is 0 Å². The maximum Gasteiger partial charge on any atom is 0.226 e. The van der Waals surface area contributed by atoms with Crippen molar-refractivity contribution in [3.8, 4) is 0 Å². The van der Waals surface area contributed by atoms with E-state index in [0.717, 1.165) is 10.2 Å². The Morgan fingerprint density at radius 2 is 1.74 bits per heavy atom. The van der Waals surface area contributed by atoms with Crippen LogP contribution in [-0.2, 0) is 9.53 Å². The summed E-state index contributed by atoms with van der Waals surface area (Å²) in [6, 6.07) is 7.67. The number of carbonyl (C=O) groups is 1. The summed E-state index contributed by atoms with van der Waals surface area (Å²) in [5, 5.41) is 0. The zero-order valence-electron chi connectivity index (χ0n) is 12.5. The average molecular weight is 328 g/mol. The molecule has 0 spiro atoms. The molecule has 0 bridgehead atoms. The third kappa shape index (κ3) is 3.00. The monoisotopic (exact) mass is 327 g/mol. The topological polar surface area (TPSA) is 29.5 Å². The van der Waals surface area contributed by atoms with Crippen LogP contribution in [0, 0.1) is 5.41 Å². The Bertz CT molecular complexity index is 467. The zero-order chi connectivity index (χ0) is 14.8. The summed E-state index contributed by atoms with van der Waals surface area (Å²) in [5.41, 5.74) is -0.153. The first kappa shape index (κ1) is 16.2. The van der Waals surface area contributed by atoms with Gasteiger partial charge in [0, 0.05) is 23.9 Å². The smallest absolute Gasteiger partial charge is 0.226 e. The van der Waals surface area contributed by atoms with E-state index in [1.165, 1.54) is 0 Å². The molecule has 1 amide bonds. The van der Waals surface area contributed by atoms with E-state index in [0.29, 0.717) is 0 Å². The van der Waals surface area contributed by atoms with Gasteiger partial charge in [-0.2, -0.15) is 0 Å². The number of anilines is 1. The fraction of sp³-hybridized carbons (Fsp3) is 0.533. The molecule has 0 saturated carbocycles. The summed E-state index contributed by atoms with van der Waals surface area (Å²) in [6.07, 6.45) is 0. The number of carbonyl (C=O) groups excluding carboxylic acids is 1. The van der Waals surface area contributed by atoms with Crippen molar-refractivity contribution in [2.45, 2.75) is 40.3 Å². The van der Waals surface area contributed by atoms with Crippen LogP contribution in [0.25, 0.3) is 0 Å². The van der Waals surface area contributed by atoms with Gasteiger partial charge in [-0.1, -0.05) is 32.9 Å². The van der Waals surface area contributed by atoms with Crippen molar-refractivity contribution in [2.24, 2.45) is 5.41 Å². The van der Waals surface area contributed by atoms with Crippen molar-refractivity contribution in [1.82, 2.24) is 0 Å². The van der Waals surface area contributed by atoms with E-state index in [4.69, 9.17) is 4.74 Å². The largest absolute Gasteiger partial charge is 0.358 e. The van der Waals surface area contributed by atoms with Crippen LogP contribution in [0.5, 0.6) is 0 Å². The molecule has 106 valence electrons. The van der Waals surface area contributed by atoms with E-state index in [1.807, 2.05) is 31.2 Å². The van der Waals surface area contributed by atoms with Crippen molar-refractivity contribution in [3.05, 3.63) is 28.7 Å². The molecular formula is C15H22BrNO2. The summed E-state index contributed by atoms with van der Waals surface area (Å²) >= 11 is 3.50. The second kappa shape index (κ2) is 5.63. The van der Waals surface area contributed by atoms with Crippen LogP contribution >= 0.6 is 15.9 Å². The molecule has 0 aliphatic carbocycles. The Labute approximate surface area is 124 Å². The van der Waals surface area contributed by atoms with E-state index >= 15 is 0 Å². The molecule has 4 heteroatoms.